The molecule has 0 aromatic rings. The molecule has 0 saturated carbocycles. The summed E-state index contributed by atoms with van der Waals surface area (Å²) in [6, 6.07) is 0. The third-order valence-corrected chi connectivity index (χ3v) is 1.89. The molecule has 0 spiro atoms. The molecule has 4 heteroatoms. The summed E-state index contributed by atoms with van der Waals surface area (Å²) >= 11 is 0. The summed E-state index contributed by atoms with van der Waals surface area (Å²) < 4.78 is 5.00. The number of carbonyl (C=O) groups is 1. The van der Waals surface area contributed by atoms with Crippen LogP contribution in [0.25, 0.3) is 0 Å². The van der Waals surface area contributed by atoms with Crippen molar-refractivity contribution in [1.29, 1.82) is 0 Å². The van der Waals surface area contributed by atoms with Crippen molar-refractivity contribution in [2.45, 2.75) is 6.92 Å². The van der Waals surface area contributed by atoms with E-state index < -0.39 is 0 Å². The van der Waals surface area contributed by atoms with Crippen molar-refractivity contribution in [2.24, 2.45) is 0 Å². The quantitative estimate of drug-likeness (QED) is 0.365. The fourth-order valence-corrected chi connectivity index (χ4v) is 0.966. The Morgan fingerprint density at radius 2 is 2.19 bits per heavy atom. The second-order valence-corrected chi connectivity index (χ2v) is 3.16. The lowest BCUT2D eigenvalue weighted by molar-refractivity contribution is -0.117. The first kappa shape index (κ1) is 14.6. The predicted molar refractivity (Wildman–Crippen MR) is 64.0 cm³/mol. The van der Waals surface area contributed by atoms with Crippen LogP contribution in [0.5, 0.6) is 0 Å². The van der Waals surface area contributed by atoms with Crippen LogP contribution in [-0.4, -0.2) is 37.4 Å². The Hall–Kier alpha value is -1.39. The fraction of sp³-hybridized carbons (Fsp3) is 0.417. The van der Waals surface area contributed by atoms with Gasteiger partial charge in [-0.25, -0.2) is 0 Å². The van der Waals surface area contributed by atoms with E-state index in [0.717, 1.165) is 5.57 Å². The molecule has 0 atom stereocenters. The molecular weight excluding hydrogens is 206 g/mol. The maximum absolute atomic E-state index is 11.5. The maximum Gasteiger partial charge on any atom is 0.251 e. The standard InChI is InChI=1S/C12H19NO3/c1-4-5-10(2)11(3)12(15)13-6-8-16-9-7-14/h4-5,14H,1,3,6-9H2,2H3,(H,13,15)/b10-5-. The summed E-state index contributed by atoms with van der Waals surface area (Å²) in [5, 5.41) is 11.1. The van der Waals surface area contributed by atoms with Crippen LogP contribution in [0.1, 0.15) is 6.92 Å². The van der Waals surface area contributed by atoms with Gasteiger partial charge in [0, 0.05) is 12.1 Å². The Bertz CT molecular complexity index is 282. The molecule has 90 valence electrons. The van der Waals surface area contributed by atoms with E-state index in [9.17, 15) is 4.79 Å². The monoisotopic (exact) mass is 225 g/mol. The first-order chi connectivity index (χ1) is 7.63. The van der Waals surface area contributed by atoms with E-state index in [-0.39, 0.29) is 19.1 Å². The molecule has 0 heterocycles. The van der Waals surface area contributed by atoms with Crippen molar-refractivity contribution in [3.63, 3.8) is 0 Å². The molecular formula is C12H19NO3. The summed E-state index contributed by atoms with van der Waals surface area (Å²) in [7, 11) is 0. The number of hydrogen-bond donors (Lipinski definition) is 2. The minimum absolute atomic E-state index is 0.0121. The minimum Gasteiger partial charge on any atom is -0.394 e. The number of amides is 1. The van der Waals surface area contributed by atoms with Crippen LogP contribution in [0.3, 0.4) is 0 Å². The van der Waals surface area contributed by atoms with Gasteiger partial charge >= 0.3 is 0 Å². The molecule has 16 heavy (non-hydrogen) atoms. The molecule has 0 aromatic carbocycles. The van der Waals surface area contributed by atoms with Crippen LogP contribution in [0.15, 0.2) is 36.5 Å². The van der Waals surface area contributed by atoms with Crippen molar-refractivity contribution < 1.29 is 14.6 Å². The molecule has 0 aliphatic carbocycles. The lowest BCUT2D eigenvalue weighted by Crippen LogP contribution is -2.28. The van der Waals surface area contributed by atoms with Crippen LogP contribution < -0.4 is 5.32 Å². The average molecular weight is 225 g/mol. The van der Waals surface area contributed by atoms with Gasteiger partial charge in [0.25, 0.3) is 5.91 Å². The molecule has 0 fully saturated rings. The first-order valence-corrected chi connectivity index (χ1v) is 5.09. The number of hydrogen-bond acceptors (Lipinski definition) is 3. The van der Waals surface area contributed by atoms with Gasteiger partial charge in [0.2, 0.25) is 0 Å². The van der Waals surface area contributed by atoms with Crippen LogP contribution in [0.2, 0.25) is 0 Å². The number of nitrogens with one attached hydrogen (secondary N) is 1. The zero-order valence-electron chi connectivity index (χ0n) is 9.66. The highest BCUT2D eigenvalue weighted by Gasteiger charge is 2.06. The molecule has 0 rings (SSSR count). The van der Waals surface area contributed by atoms with Crippen LogP contribution in [0.4, 0.5) is 0 Å². The smallest absolute Gasteiger partial charge is 0.251 e. The van der Waals surface area contributed by atoms with Gasteiger partial charge in [0.15, 0.2) is 0 Å². The molecule has 0 bridgehead atoms. The second-order valence-electron chi connectivity index (χ2n) is 3.16. The molecule has 0 aromatic heterocycles. The number of aliphatic hydroxyl groups is 1. The highest BCUT2D eigenvalue weighted by atomic mass is 16.5. The van der Waals surface area contributed by atoms with Gasteiger partial charge in [-0.2, -0.15) is 0 Å². The van der Waals surface area contributed by atoms with Gasteiger partial charge in [0.05, 0.1) is 19.8 Å². The molecule has 0 radical (unpaired) electrons. The maximum atomic E-state index is 11.5. The SMILES string of the molecule is C=C/C=C(/C)C(=C)C(=O)NCCOCCO. The van der Waals surface area contributed by atoms with E-state index in [1.165, 1.54) is 0 Å². The third-order valence-electron chi connectivity index (χ3n) is 1.89. The van der Waals surface area contributed by atoms with E-state index in [4.69, 9.17) is 9.84 Å². The Labute approximate surface area is 96.3 Å². The Balaban J connectivity index is 3.84. The normalized spacial score (nSPS) is 11.0. The Morgan fingerprint density at radius 1 is 1.50 bits per heavy atom. The van der Waals surface area contributed by atoms with E-state index in [0.29, 0.717) is 18.7 Å². The molecule has 0 aliphatic heterocycles. The van der Waals surface area contributed by atoms with Gasteiger partial charge in [0.1, 0.15) is 0 Å². The Kier molecular flexibility index (Phi) is 8.11. The minimum atomic E-state index is -0.219. The fourth-order valence-electron chi connectivity index (χ4n) is 0.966. The van der Waals surface area contributed by atoms with Crippen molar-refractivity contribution in [1.82, 2.24) is 5.32 Å². The second kappa shape index (κ2) is 8.88. The molecule has 2 N–H and O–H groups in total. The predicted octanol–water partition coefficient (Wildman–Crippen LogP) is 0.800. The van der Waals surface area contributed by atoms with Crippen molar-refractivity contribution in [3.05, 3.63) is 36.5 Å². The van der Waals surface area contributed by atoms with Gasteiger partial charge in [-0.05, 0) is 12.5 Å². The first-order valence-electron chi connectivity index (χ1n) is 5.09. The zero-order chi connectivity index (χ0) is 12.4. The molecule has 1 amide bonds. The summed E-state index contributed by atoms with van der Waals surface area (Å²) in [5.74, 6) is -0.219. The topological polar surface area (TPSA) is 58.6 Å². The van der Waals surface area contributed by atoms with Gasteiger partial charge in [-0.3, -0.25) is 4.79 Å². The van der Waals surface area contributed by atoms with Crippen molar-refractivity contribution in [3.8, 4) is 0 Å². The van der Waals surface area contributed by atoms with Crippen LogP contribution >= 0.6 is 0 Å². The van der Waals surface area contributed by atoms with E-state index in [1.807, 2.05) is 0 Å². The van der Waals surface area contributed by atoms with Gasteiger partial charge in [-0.15, -0.1) is 0 Å². The lowest BCUT2D eigenvalue weighted by Gasteiger charge is -2.07. The Morgan fingerprint density at radius 3 is 2.75 bits per heavy atom. The third kappa shape index (κ3) is 6.16. The summed E-state index contributed by atoms with van der Waals surface area (Å²) in [4.78, 5) is 11.5. The van der Waals surface area contributed by atoms with E-state index in [2.05, 4.69) is 18.5 Å². The average Bonchev–Trinajstić information content (AvgIpc) is 2.27. The summed E-state index contributed by atoms with van der Waals surface area (Å²) in [6.45, 7) is 10.1. The van der Waals surface area contributed by atoms with E-state index >= 15 is 0 Å². The number of allylic oxidation sites excluding steroid dienone is 2. The molecule has 0 aliphatic rings. The lowest BCUT2D eigenvalue weighted by atomic mass is 10.1. The number of ether oxygens (including phenoxy) is 1. The highest BCUT2D eigenvalue weighted by molar-refractivity contribution is 5.96. The summed E-state index contributed by atoms with van der Waals surface area (Å²) in [5.41, 5.74) is 1.20. The van der Waals surface area contributed by atoms with Gasteiger partial charge in [-0.1, -0.05) is 25.3 Å². The number of carbonyl (C=O) groups excluding carboxylic acids is 1. The molecule has 0 saturated heterocycles. The van der Waals surface area contributed by atoms with Crippen LogP contribution in [-0.2, 0) is 9.53 Å². The zero-order valence-corrected chi connectivity index (χ0v) is 9.66. The highest BCUT2D eigenvalue weighted by Crippen LogP contribution is 2.06. The van der Waals surface area contributed by atoms with Crippen molar-refractivity contribution in [2.75, 3.05) is 26.4 Å². The van der Waals surface area contributed by atoms with Gasteiger partial charge < -0.3 is 15.2 Å². The molecule has 0 unspecified atom stereocenters. The largest absolute Gasteiger partial charge is 0.394 e. The van der Waals surface area contributed by atoms with Crippen molar-refractivity contribution >= 4 is 5.91 Å². The molecule has 4 nitrogen and oxygen atoms in total. The number of rotatable bonds is 8. The number of aliphatic hydroxyl groups excluding tert-OH is 1. The van der Waals surface area contributed by atoms with Crippen LogP contribution in [0, 0.1) is 0 Å². The van der Waals surface area contributed by atoms with E-state index in [1.54, 1.807) is 19.1 Å². The summed E-state index contributed by atoms with van der Waals surface area (Å²) in [6.07, 6.45) is 3.34.